The molecular formula is C13H20O3. The first-order chi connectivity index (χ1) is 7.49. The Bertz CT molecular complexity index is 329. The van der Waals surface area contributed by atoms with Crippen LogP contribution < -0.4 is 4.74 Å². The lowest BCUT2D eigenvalue weighted by Crippen LogP contribution is -2.37. The number of rotatable bonds is 5. The molecule has 0 aromatic heterocycles. The molecule has 90 valence electrons. The molecule has 0 amide bonds. The number of hydrogen-bond acceptors (Lipinski definition) is 3. The number of methoxy groups -OCH3 is 1. The summed E-state index contributed by atoms with van der Waals surface area (Å²) in [5.74, 6) is -0.259. The maximum Gasteiger partial charge on any atom is 0.323 e. The maximum atomic E-state index is 5.71. The molecule has 1 rings (SSSR count). The predicted molar refractivity (Wildman–Crippen MR) is 63.6 cm³/mol. The van der Waals surface area contributed by atoms with Gasteiger partial charge in [0, 0.05) is 14.0 Å². The molecular weight excluding hydrogens is 204 g/mol. The second kappa shape index (κ2) is 5.32. The Morgan fingerprint density at radius 1 is 1.12 bits per heavy atom. The quantitative estimate of drug-likeness (QED) is 0.719. The molecule has 16 heavy (non-hydrogen) atoms. The predicted octanol–water partition coefficient (Wildman–Crippen LogP) is 3.04. The van der Waals surface area contributed by atoms with Gasteiger partial charge in [0.2, 0.25) is 0 Å². The van der Waals surface area contributed by atoms with E-state index in [4.69, 9.17) is 14.2 Å². The Kier molecular flexibility index (Phi) is 4.33. The summed E-state index contributed by atoms with van der Waals surface area (Å²) in [5.41, 5.74) is 2.31. The van der Waals surface area contributed by atoms with E-state index in [9.17, 15) is 0 Å². The molecule has 0 fully saturated rings. The molecule has 0 bridgehead atoms. The van der Waals surface area contributed by atoms with Gasteiger partial charge in [0.15, 0.2) is 0 Å². The number of hydrogen-bond donors (Lipinski definition) is 0. The van der Waals surface area contributed by atoms with Crippen LogP contribution in [-0.4, -0.2) is 19.7 Å². The number of aryl methyl sites for hydroxylation is 2. The molecule has 0 aliphatic heterocycles. The molecule has 1 atom stereocenters. The summed E-state index contributed by atoms with van der Waals surface area (Å²) in [5, 5.41) is 0. The van der Waals surface area contributed by atoms with Crippen LogP contribution in [0.2, 0.25) is 0 Å². The zero-order chi connectivity index (χ0) is 12.2. The van der Waals surface area contributed by atoms with Crippen molar-refractivity contribution in [3.05, 3.63) is 29.3 Å². The van der Waals surface area contributed by atoms with Crippen molar-refractivity contribution in [3.8, 4) is 5.75 Å². The van der Waals surface area contributed by atoms with Gasteiger partial charge in [-0.3, -0.25) is 0 Å². The number of benzene rings is 1. The summed E-state index contributed by atoms with van der Waals surface area (Å²) < 4.78 is 16.3. The van der Waals surface area contributed by atoms with Crippen molar-refractivity contribution in [2.45, 2.75) is 33.7 Å². The van der Waals surface area contributed by atoms with Crippen molar-refractivity contribution in [3.63, 3.8) is 0 Å². The summed E-state index contributed by atoms with van der Waals surface area (Å²) in [7, 11) is 1.57. The van der Waals surface area contributed by atoms with Crippen LogP contribution >= 0.6 is 0 Å². The van der Waals surface area contributed by atoms with Crippen LogP contribution in [-0.2, 0) is 9.47 Å². The van der Waals surface area contributed by atoms with Gasteiger partial charge >= 0.3 is 5.97 Å². The molecule has 0 spiro atoms. The van der Waals surface area contributed by atoms with Gasteiger partial charge in [-0.05, 0) is 44.0 Å². The molecule has 1 unspecified atom stereocenters. The van der Waals surface area contributed by atoms with Crippen LogP contribution in [0.5, 0.6) is 5.75 Å². The van der Waals surface area contributed by atoms with E-state index >= 15 is 0 Å². The first kappa shape index (κ1) is 13.0. The highest BCUT2D eigenvalue weighted by Crippen LogP contribution is 2.22. The minimum Gasteiger partial charge on any atom is -0.439 e. The third kappa shape index (κ3) is 3.51. The lowest BCUT2D eigenvalue weighted by atomic mass is 10.1. The Morgan fingerprint density at radius 2 is 1.69 bits per heavy atom. The molecule has 0 aliphatic rings. The Hall–Kier alpha value is -1.06. The van der Waals surface area contributed by atoms with Crippen LogP contribution in [0, 0.1) is 13.8 Å². The summed E-state index contributed by atoms with van der Waals surface area (Å²) in [6, 6.07) is 6.02. The van der Waals surface area contributed by atoms with E-state index in [1.165, 1.54) is 0 Å². The van der Waals surface area contributed by atoms with E-state index in [-0.39, 0.29) is 0 Å². The molecule has 1 aromatic carbocycles. The smallest absolute Gasteiger partial charge is 0.323 e. The van der Waals surface area contributed by atoms with Crippen molar-refractivity contribution in [1.82, 2.24) is 0 Å². The lowest BCUT2D eigenvalue weighted by molar-refractivity contribution is -0.319. The van der Waals surface area contributed by atoms with Crippen LogP contribution in [0.1, 0.15) is 25.0 Å². The zero-order valence-electron chi connectivity index (χ0n) is 10.7. The Morgan fingerprint density at radius 3 is 2.12 bits per heavy atom. The first-order valence-electron chi connectivity index (χ1n) is 5.45. The normalized spacial score (nSPS) is 14.6. The minimum atomic E-state index is -1.02. The summed E-state index contributed by atoms with van der Waals surface area (Å²) in [6.07, 6.45) is 0. The van der Waals surface area contributed by atoms with Gasteiger partial charge in [-0.1, -0.05) is 6.07 Å². The van der Waals surface area contributed by atoms with Crippen molar-refractivity contribution in [2.75, 3.05) is 13.7 Å². The van der Waals surface area contributed by atoms with Gasteiger partial charge in [-0.15, -0.1) is 0 Å². The molecule has 0 aliphatic carbocycles. The fourth-order valence-electron chi connectivity index (χ4n) is 1.60. The highest BCUT2D eigenvalue weighted by atomic mass is 16.9. The highest BCUT2D eigenvalue weighted by Gasteiger charge is 2.26. The molecule has 0 heterocycles. The van der Waals surface area contributed by atoms with Crippen LogP contribution in [0.3, 0.4) is 0 Å². The largest absolute Gasteiger partial charge is 0.439 e. The standard InChI is InChI=1S/C13H20O3/c1-6-15-13(4,14-5)16-12-8-10(2)7-11(3)9-12/h7-9H,6H2,1-5H3. The second-order valence-corrected chi connectivity index (χ2v) is 3.92. The second-order valence-electron chi connectivity index (χ2n) is 3.92. The monoisotopic (exact) mass is 224 g/mol. The molecule has 3 nitrogen and oxygen atoms in total. The van der Waals surface area contributed by atoms with E-state index in [1.54, 1.807) is 14.0 Å². The molecule has 3 heteroatoms. The topological polar surface area (TPSA) is 27.7 Å². The van der Waals surface area contributed by atoms with E-state index in [0.29, 0.717) is 6.61 Å². The number of ether oxygens (including phenoxy) is 3. The van der Waals surface area contributed by atoms with Crippen LogP contribution in [0.4, 0.5) is 0 Å². The molecule has 0 N–H and O–H groups in total. The average Bonchev–Trinajstić information content (AvgIpc) is 2.16. The first-order valence-corrected chi connectivity index (χ1v) is 5.45. The average molecular weight is 224 g/mol. The van der Waals surface area contributed by atoms with Crippen molar-refractivity contribution >= 4 is 0 Å². The van der Waals surface area contributed by atoms with Crippen molar-refractivity contribution in [1.29, 1.82) is 0 Å². The van der Waals surface area contributed by atoms with E-state index < -0.39 is 5.97 Å². The zero-order valence-corrected chi connectivity index (χ0v) is 10.7. The molecule has 0 radical (unpaired) electrons. The van der Waals surface area contributed by atoms with Crippen LogP contribution in [0.25, 0.3) is 0 Å². The van der Waals surface area contributed by atoms with Crippen molar-refractivity contribution < 1.29 is 14.2 Å². The fourth-order valence-corrected chi connectivity index (χ4v) is 1.60. The third-order valence-electron chi connectivity index (χ3n) is 2.28. The fraction of sp³-hybridized carbons (Fsp3) is 0.538. The molecule has 1 aromatic rings. The van der Waals surface area contributed by atoms with E-state index in [2.05, 4.69) is 6.07 Å². The molecule has 0 saturated heterocycles. The summed E-state index contributed by atoms with van der Waals surface area (Å²) in [6.45, 7) is 8.26. The van der Waals surface area contributed by atoms with Gasteiger partial charge in [0.25, 0.3) is 0 Å². The van der Waals surface area contributed by atoms with E-state index in [1.807, 2.05) is 32.9 Å². The summed E-state index contributed by atoms with van der Waals surface area (Å²) in [4.78, 5) is 0. The van der Waals surface area contributed by atoms with E-state index in [0.717, 1.165) is 16.9 Å². The highest BCUT2D eigenvalue weighted by molar-refractivity contribution is 5.33. The van der Waals surface area contributed by atoms with Gasteiger partial charge in [-0.2, -0.15) is 0 Å². The van der Waals surface area contributed by atoms with Gasteiger partial charge in [-0.25, -0.2) is 0 Å². The SMILES string of the molecule is CCOC(C)(OC)Oc1cc(C)cc(C)c1. The Balaban J connectivity index is 2.85. The van der Waals surface area contributed by atoms with Gasteiger partial charge in [0.05, 0.1) is 6.61 Å². The Labute approximate surface area is 97.3 Å². The van der Waals surface area contributed by atoms with Crippen molar-refractivity contribution in [2.24, 2.45) is 0 Å². The summed E-state index contributed by atoms with van der Waals surface area (Å²) >= 11 is 0. The minimum absolute atomic E-state index is 0.537. The lowest BCUT2D eigenvalue weighted by Gasteiger charge is -2.28. The maximum absolute atomic E-state index is 5.71. The van der Waals surface area contributed by atoms with Gasteiger partial charge in [0.1, 0.15) is 5.75 Å². The van der Waals surface area contributed by atoms with Crippen LogP contribution in [0.15, 0.2) is 18.2 Å². The third-order valence-corrected chi connectivity index (χ3v) is 2.28. The van der Waals surface area contributed by atoms with Gasteiger partial charge < -0.3 is 14.2 Å². The molecule has 0 saturated carbocycles.